The second kappa shape index (κ2) is 12.9. The zero-order valence-corrected chi connectivity index (χ0v) is 28.0. The minimum atomic E-state index is -0.586. The Bertz CT molecular complexity index is 2270. The van der Waals surface area contributed by atoms with Crippen molar-refractivity contribution < 1.29 is 0 Å². The Balaban J connectivity index is 1.39. The summed E-state index contributed by atoms with van der Waals surface area (Å²) in [5, 5.41) is 0. The number of nitrogens with zero attached hydrogens (tertiary/aromatic N) is 2. The van der Waals surface area contributed by atoms with Gasteiger partial charge in [-0.3, -0.25) is 0 Å². The molecule has 1 aliphatic rings. The maximum atomic E-state index is 3.19. The molecule has 0 radical (unpaired) electrons. The molecule has 0 atom stereocenters. The van der Waals surface area contributed by atoms with Crippen molar-refractivity contribution in [1.82, 2.24) is 0 Å². The maximum Gasteiger partial charge on any atom is 0.0715 e. The molecule has 0 bridgehead atoms. The molecule has 0 fully saturated rings. The average Bonchev–Trinajstić information content (AvgIpc) is 3.51. The molecule has 240 valence electrons. The zero-order valence-electron chi connectivity index (χ0n) is 28.0. The van der Waals surface area contributed by atoms with E-state index in [1.165, 1.54) is 33.4 Å². The average molecular weight is 651 g/mol. The third kappa shape index (κ3) is 5.07. The van der Waals surface area contributed by atoms with Crippen LogP contribution in [0.25, 0.3) is 11.1 Å². The molecule has 0 heterocycles. The van der Waals surface area contributed by atoms with Crippen LogP contribution in [0.5, 0.6) is 0 Å². The maximum absolute atomic E-state index is 3.19. The number of anilines is 6. The highest BCUT2D eigenvalue weighted by Gasteiger charge is 2.47. The van der Waals surface area contributed by atoms with Gasteiger partial charge in [-0.25, -0.2) is 0 Å². The molecular formula is C49H34N2. The number of rotatable bonds is 8. The SMILES string of the molecule is c1ccc(N(c2ccccc2)c2ccc3c(c2)C(c2ccccc2)(c2ccccc2)c2cccc(N(c4ccccc4)c4ccccc4)c2-3)cc#1. The van der Waals surface area contributed by atoms with Crippen LogP contribution >= 0.6 is 0 Å². The van der Waals surface area contributed by atoms with Crippen molar-refractivity contribution in [1.29, 1.82) is 0 Å². The van der Waals surface area contributed by atoms with Crippen molar-refractivity contribution >= 4 is 34.1 Å². The molecule has 8 aromatic rings. The first kappa shape index (κ1) is 30.3. The van der Waals surface area contributed by atoms with Gasteiger partial charge < -0.3 is 9.80 Å². The summed E-state index contributed by atoms with van der Waals surface area (Å²) in [7, 11) is 0. The summed E-state index contributed by atoms with van der Waals surface area (Å²) < 4.78 is 0. The predicted molar refractivity (Wildman–Crippen MR) is 211 cm³/mol. The third-order valence-corrected chi connectivity index (χ3v) is 9.98. The molecule has 0 saturated carbocycles. The van der Waals surface area contributed by atoms with Crippen LogP contribution < -0.4 is 9.80 Å². The van der Waals surface area contributed by atoms with Crippen LogP contribution in [0.15, 0.2) is 206 Å². The summed E-state index contributed by atoms with van der Waals surface area (Å²) in [6.07, 6.45) is 0. The molecule has 0 spiro atoms. The van der Waals surface area contributed by atoms with Gasteiger partial charge in [0.05, 0.1) is 16.8 Å². The van der Waals surface area contributed by atoms with Crippen molar-refractivity contribution in [2.45, 2.75) is 5.41 Å². The van der Waals surface area contributed by atoms with Crippen LogP contribution in [0.1, 0.15) is 22.3 Å². The fourth-order valence-corrected chi connectivity index (χ4v) is 7.92. The van der Waals surface area contributed by atoms with Crippen LogP contribution in [0.2, 0.25) is 0 Å². The van der Waals surface area contributed by atoms with E-state index in [4.69, 9.17) is 0 Å². The Labute approximate surface area is 300 Å². The molecule has 51 heavy (non-hydrogen) atoms. The standard InChI is InChI=1S/C49H34N2/c1-7-20-37(21-8-1)49(38-22-9-2-10-23-38)45-32-19-33-47(51(41-28-15-5-16-29-41)42-30-17-6-18-31-42)48(45)44-35-34-43(36-46(44)49)50(39-24-11-3-12-25-39)40-26-13-4-14-27-40/h1-3,5-13,15-36H. The molecule has 0 saturated heterocycles. The van der Waals surface area contributed by atoms with E-state index in [9.17, 15) is 0 Å². The highest BCUT2D eigenvalue weighted by Crippen LogP contribution is 2.60. The molecule has 2 heteroatoms. The second-order valence-corrected chi connectivity index (χ2v) is 12.8. The normalized spacial score (nSPS) is 12.3. The van der Waals surface area contributed by atoms with Gasteiger partial charge >= 0.3 is 0 Å². The summed E-state index contributed by atoms with van der Waals surface area (Å²) >= 11 is 0. The van der Waals surface area contributed by atoms with Crippen LogP contribution in [-0.2, 0) is 5.41 Å². The van der Waals surface area contributed by atoms with Crippen LogP contribution in [0, 0.1) is 12.1 Å². The lowest BCUT2D eigenvalue weighted by atomic mass is 9.67. The number of hydrogen-bond acceptors (Lipinski definition) is 2. The van der Waals surface area contributed by atoms with Crippen molar-refractivity contribution in [3.05, 3.63) is 241 Å². The lowest BCUT2D eigenvalue weighted by molar-refractivity contribution is 0.768. The van der Waals surface area contributed by atoms with E-state index >= 15 is 0 Å². The fourth-order valence-electron chi connectivity index (χ4n) is 7.92. The van der Waals surface area contributed by atoms with Crippen molar-refractivity contribution in [3.63, 3.8) is 0 Å². The summed E-state index contributed by atoms with van der Waals surface area (Å²) in [5.41, 5.74) is 13.4. The van der Waals surface area contributed by atoms with E-state index in [0.717, 1.165) is 34.1 Å². The zero-order chi connectivity index (χ0) is 34.0. The van der Waals surface area contributed by atoms with Gasteiger partial charge in [-0.15, -0.1) is 0 Å². The molecular weight excluding hydrogens is 617 g/mol. The van der Waals surface area contributed by atoms with Crippen LogP contribution in [0.4, 0.5) is 34.1 Å². The largest absolute Gasteiger partial charge is 0.310 e. The molecule has 0 aliphatic heterocycles. The van der Waals surface area contributed by atoms with Gasteiger partial charge in [-0.05, 0) is 94.5 Å². The van der Waals surface area contributed by atoms with Gasteiger partial charge in [0.2, 0.25) is 0 Å². The summed E-state index contributed by atoms with van der Waals surface area (Å²) in [5.74, 6) is 0. The van der Waals surface area contributed by atoms with Crippen LogP contribution in [-0.4, -0.2) is 0 Å². The Morgan fingerprint density at radius 3 is 1.43 bits per heavy atom. The lowest BCUT2D eigenvalue weighted by Gasteiger charge is -2.35. The number of para-hydroxylation sites is 3. The first-order valence-electron chi connectivity index (χ1n) is 17.4. The quantitative estimate of drug-likeness (QED) is 0.161. The summed E-state index contributed by atoms with van der Waals surface area (Å²) in [6.45, 7) is 0. The smallest absolute Gasteiger partial charge is 0.0715 e. The van der Waals surface area contributed by atoms with Crippen molar-refractivity contribution in [2.24, 2.45) is 0 Å². The molecule has 8 aromatic carbocycles. The predicted octanol–water partition coefficient (Wildman–Crippen LogP) is 12.6. The number of hydrogen-bond donors (Lipinski definition) is 0. The Morgan fingerprint density at radius 2 is 0.902 bits per heavy atom. The highest BCUT2D eigenvalue weighted by atomic mass is 15.2. The summed E-state index contributed by atoms with van der Waals surface area (Å²) in [6, 6.07) is 80.2. The molecule has 2 nitrogen and oxygen atoms in total. The van der Waals surface area contributed by atoms with E-state index in [0.29, 0.717) is 0 Å². The topological polar surface area (TPSA) is 6.48 Å². The van der Waals surface area contributed by atoms with Gasteiger partial charge in [-0.2, -0.15) is 0 Å². The molecule has 0 unspecified atom stereocenters. The van der Waals surface area contributed by atoms with Gasteiger partial charge in [0.15, 0.2) is 0 Å². The van der Waals surface area contributed by atoms with Crippen LogP contribution in [0.3, 0.4) is 0 Å². The molecule has 1 aliphatic carbocycles. The third-order valence-electron chi connectivity index (χ3n) is 9.98. The second-order valence-electron chi connectivity index (χ2n) is 12.8. The number of fused-ring (bicyclic) bond motifs is 3. The number of benzene rings is 7. The Morgan fingerprint density at radius 1 is 0.373 bits per heavy atom. The Hall–Kier alpha value is -6.82. The monoisotopic (exact) mass is 650 g/mol. The molecule has 9 rings (SSSR count). The van der Waals surface area contributed by atoms with E-state index in [-0.39, 0.29) is 0 Å². The van der Waals surface area contributed by atoms with E-state index < -0.39 is 5.41 Å². The summed E-state index contributed by atoms with van der Waals surface area (Å²) in [4.78, 5) is 4.71. The van der Waals surface area contributed by atoms with Gasteiger partial charge in [-0.1, -0.05) is 146 Å². The molecule has 0 aromatic heterocycles. The lowest BCUT2D eigenvalue weighted by Crippen LogP contribution is -2.29. The van der Waals surface area contributed by atoms with Crippen molar-refractivity contribution in [3.8, 4) is 11.1 Å². The first-order chi connectivity index (χ1) is 25.3. The molecule has 0 amide bonds. The minimum Gasteiger partial charge on any atom is -0.310 e. The van der Waals surface area contributed by atoms with E-state index in [2.05, 4.69) is 216 Å². The van der Waals surface area contributed by atoms with Gasteiger partial charge in [0.25, 0.3) is 0 Å². The van der Waals surface area contributed by atoms with Gasteiger partial charge in [0, 0.05) is 34.4 Å². The highest BCUT2D eigenvalue weighted by molar-refractivity contribution is 5.98. The van der Waals surface area contributed by atoms with Crippen molar-refractivity contribution in [2.75, 3.05) is 9.80 Å². The van der Waals surface area contributed by atoms with E-state index in [1.54, 1.807) is 0 Å². The fraction of sp³-hybridized carbons (Fsp3) is 0.0204. The molecule has 0 N–H and O–H groups in total. The first-order valence-corrected chi connectivity index (χ1v) is 17.4. The minimum absolute atomic E-state index is 0.586. The Kier molecular flexibility index (Phi) is 7.65. The van der Waals surface area contributed by atoms with E-state index in [1.807, 2.05) is 12.1 Å². The van der Waals surface area contributed by atoms with Gasteiger partial charge in [0.1, 0.15) is 0 Å².